The molecule has 0 unspecified atom stereocenters. The van der Waals surface area contributed by atoms with Crippen molar-refractivity contribution in [3.05, 3.63) is 49.1 Å². The third-order valence-electron chi connectivity index (χ3n) is 1.96. The Balaban J connectivity index is 2.29. The van der Waals surface area contributed by atoms with Crippen LogP contribution in [0, 0.1) is 0 Å². The molecular formula is C10H11N4Si+. The fourth-order valence-electron chi connectivity index (χ4n) is 1.20. The number of hydrogen-bond acceptors (Lipinski definition) is 3. The van der Waals surface area contributed by atoms with Gasteiger partial charge in [-0.1, -0.05) is 0 Å². The second kappa shape index (κ2) is 4.56. The van der Waals surface area contributed by atoms with Crippen LogP contribution in [0.15, 0.2) is 54.2 Å². The molecule has 2 heterocycles. The Bertz CT molecular complexity index is 455. The van der Waals surface area contributed by atoms with Gasteiger partial charge in [0, 0.05) is 36.9 Å². The molecule has 0 saturated heterocycles. The summed E-state index contributed by atoms with van der Waals surface area (Å²) in [6.07, 6.45) is 7.01. The summed E-state index contributed by atoms with van der Waals surface area (Å²) in [5, 5.41) is 4.46. The van der Waals surface area contributed by atoms with Crippen molar-refractivity contribution < 1.29 is 4.36 Å². The van der Waals surface area contributed by atoms with Crippen molar-refractivity contribution >= 4 is 21.8 Å². The second-order valence-electron chi connectivity index (χ2n) is 3.03. The van der Waals surface area contributed by atoms with Crippen LogP contribution in [0.4, 0.5) is 11.4 Å². The summed E-state index contributed by atoms with van der Waals surface area (Å²) < 4.78 is 1.94. The van der Waals surface area contributed by atoms with Gasteiger partial charge in [-0.05, 0) is 17.2 Å². The van der Waals surface area contributed by atoms with Crippen molar-refractivity contribution in [1.29, 1.82) is 0 Å². The number of pyridine rings is 2. The molecule has 15 heavy (non-hydrogen) atoms. The largest absolute Gasteiger partial charge is 0.349 e. The van der Waals surface area contributed by atoms with Gasteiger partial charge in [0.1, 0.15) is 5.69 Å². The van der Waals surface area contributed by atoms with E-state index in [1.165, 1.54) is 0 Å². The quantitative estimate of drug-likeness (QED) is 0.557. The molecule has 0 amide bonds. The molecule has 0 fully saturated rings. The Morgan fingerprint density at radius 1 is 0.933 bits per heavy atom. The molecule has 0 aliphatic heterocycles. The predicted octanol–water partition coefficient (Wildman–Crippen LogP) is 1.18. The summed E-state index contributed by atoms with van der Waals surface area (Å²) >= 11 is 0. The lowest BCUT2D eigenvalue weighted by Crippen LogP contribution is -1.95. The van der Waals surface area contributed by atoms with E-state index in [-0.39, 0.29) is 0 Å². The molecule has 0 aliphatic carbocycles. The van der Waals surface area contributed by atoms with Gasteiger partial charge in [-0.2, -0.15) is 4.36 Å². The maximum atomic E-state index is 4.46. The van der Waals surface area contributed by atoms with Crippen molar-refractivity contribution in [2.24, 2.45) is 5.11 Å². The maximum Gasteiger partial charge on any atom is 0.349 e. The molecule has 2 aromatic heterocycles. The average Bonchev–Trinajstić information content (AvgIpc) is 2.31. The van der Waals surface area contributed by atoms with Crippen LogP contribution in [0.1, 0.15) is 0 Å². The highest BCUT2D eigenvalue weighted by molar-refractivity contribution is 5.96. The van der Waals surface area contributed by atoms with E-state index in [9.17, 15) is 0 Å². The molecule has 0 atom stereocenters. The smallest absolute Gasteiger partial charge is 0.265 e. The number of aromatic nitrogens is 2. The zero-order valence-corrected chi connectivity index (χ0v) is 10.4. The van der Waals surface area contributed by atoms with E-state index in [1.807, 2.05) is 28.6 Å². The van der Waals surface area contributed by atoms with Gasteiger partial charge in [-0.15, -0.1) is 0 Å². The fourth-order valence-corrected chi connectivity index (χ4v) is 1.73. The van der Waals surface area contributed by atoms with Crippen LogP contribution in [0.2, 0.25) is 0 Å². The highest BCUT2D eigenvalue weighted by Gasteiger charge is 2.02. The molecule has 0 radical (unpaired) electrons. The van der Waals surface area contributed by atoms with Crippen LogP contribution in [0.3, 0.4) is 0 Å². The molecule has 0 saturated carbocycles. The minimum Gasteiger partial charge on any atom is -0.265 e. The molecule has 74 valence electrons. The predicted molar refractivity (Wildman–Crippen MR) is 60.4 cm³/mol. The molecule has 0 aromatic carbocycles. The van der Waals surface area contributed by atoms with Crippen molar-refractivity contribution in [1.82, 2.24) is 9.97 Å². The van der Waals surface area contributed by atoms with Crippen molar-refractivity contribution in [3.8, 4) is 0 Å². The molecule has 2 aromatic rings. The van der Waals surface area contributed by atoms with Crippen molar-refractivity contribution in [2.45, 2.75) is 0 Å². The van der Waals surface area contributed by atoms with Crippen molar-refractivity contribution in [3.63, 3.8) is 0 Å². The normalized spacial score (nSPS) is 11.6. The highest BCUT2D eigenvalue weighted by Crippen LogP contribution is 2.13. The van der Waals surface area contributed by atoms with Crippen molar-refractivity contribution in [2.75, 3.05) is 0 Å². The summed E-state index contributed by atoms with van der Waals surface area (Å²) in [5.74, 6) is 0. The minimum atomic E-state index is 0.830. The Morgan fingerprint density at radius 2 is 1.47 bits per heavy atom. The first-order valence-electron chi connectivity index (χ1n) is 4.62. The van der Waals surface area contributed by atoms with E-state index in [2.05, 4.69) is 15.1 Å². The lowest BCUT2D eigenvalue weighted by molar-refractivity contribution is -0.349. The first-order valence-corrected chi connectivity index (χ1v) is 5.51. The van der Waals surface area contributed by atoms with Gasteiger partial charge in [0.25, 0.3) is 0 Å². The maximum absolute atomic E-state index is 4.46. The zero-order chi connectivity index (χ0) is 10.5. The summed E-state index contributed by atoms with van der Waals surface area (Å²) in [4.78, 5) is 7.92. The number of rotatable bonds is 2. The van der Waals surface area contributed by atoms with Gasteiger partial charge < -0.3 is 0 Å². The third-order valence-corrected chi connectivity index (χ3v) is 2.68. The Hall–Kier alpha value is -1.88. The fraction of sp³-hybridized carbons (Fsp3) is 0. The first kappa shape index (κ1) is 9.66. The summed E-state index contributed by atoms with van der Waals surface area (Å²) in [7, 11) is 0.830. The van der Waals surface area contributed by atoms with Gasteiger partial charge in [-0.25, -0.2) is 0 Å². The molecule has 0 bridgehead atoms. The van der Waals surface area contributed by atoms with Gasteiger partial charge in [0.05, 0.1) is 0 Å². The molecule has 5 heteroatoms. The lowest BCUT2D eigenvalue weighted by atomic mass is 10.4. The van der Waals surface area contributed by atoms with E-state index in [0.29, 0.717) is 0 Å². The number of azo groups is 1. The molecule has 0 aliphatic rings. The second-order valence-corrected chi connectivity index (χ2v) is 3.88. The van der Waals surface area contributed by atoms with Gasteiger partial charge in [0.15, 0.2) is 0 Å². The van der Waals surface area contributed by atoms with Crippen LogP contribution in [0.25, 0.3) is 0 Å². The topological polar surface area (TPSA) is 41.1 Å². The van der Waals surface area contributed by atoms with Gasteiger partial charge >= 0.3 is 10.4 Å². The van der Waals surface area contributed by atoms with E-state index < -0.39 is 0 Å². The highest BCUT2D eigenvalue weighted by atomic mass is 28.2. The van der Waals surface area contributed by atoms with Crippen LogP contribution in [0.5, 0.6) is 0 Å². The zero-order valence-electron chi connectivity index (χ0n) is 8.41. The van der Waals surface area contributed by atoms with Gasteiger partial charge in [0.2, 0.25) is 5.69 Å². The van der Waals surface area contributed by atoms with Crippen LogP contribution < -0.4 is 0 Å². The van der Waals surface area contributed by atoms with E-state index in [0.717, 1.165) is 21.8 Å². The molecule has 0 spiro atoms. The van der Waals surface area contributed by atoms with Crippen LogP contribution in [-0.2, 0) is 0 Å². The summed E-state index contributed by atoms with van der Waals surface area (Å²) in [6.45, 7) is 0. The standard InChI is InChI=1S/C10H11N4Si/c15-14(10-3-7-12-8-4-10)13-9-1-5-11-6-2-9/h1-8H,15H3/q+1. The molecule has 4 nitrogen and oxygen atoms in total. The number of hydrogen-bond donors (Lipinski definition) is 0. The Labute approximate surface area is 90.8 Å². The van der Waals surface area contributed by atoms with Crippen LogP contribution >= 0.6 is 0 Å². The molecule has 0 N–H and O–H groups in total. The van der Waals surface area contributed by atoms with E-state index >= 15 is 0 Å². The van der Waals surface area contributed by atoms with Gasteiger partial charge in [-0.3, -0.25) is 9.97 Å². The van der Waals surface area contributed by atoms with E-state index in [4.69, 9.17) is 0 Å². The number of nitrogens with zero attached hydrogens (tertiary/aromatic N) is 4. The third kappa shape index (κ3) is 2.54. The molecular weight excluding hydrogens is 204 g/mol. The van der Waals surface area contributed by atoms with Crippen LogP contribution in [-0.4, -0.2) is 24.7 Å². The minimum absolute atomic E-state index is 0.830. The first-order chi connectivity index (χ1) is 7.36. The molecule has 2 rings (SSSR count). The lowest BCUT2D eigenvalue weighted by Gasteiger charge is -1.94. The van der Waals surface area contributed by atoms with E-state index in [1.54, 1.807) is 24.8 Å². The SMILES string of the molecule is [SiH3][N+](=Nc1ccncc1)c1ccncc1. The Kier molecular flexibility index (Phi) is 2.94. The average molecular weight is 215 g/mol. The monoisotopic (exact) mass is 215 g/mol. The Morgan fingerprint density at radius 3 is 2.07 bits per heavy atom. The summed E-state index contributed by atoms with van der Waals surface area (Å²) in [5.41, 5.74) is 1.98. The summed E-state index contributed by atoms with van der Waals surface area (Å²) in [6, 6.07) is 7.65.